The van der Waals surface area contributed by atoms with E-state index in [1.807, 2.05) is 13.0 Å². The van der Waals surface area contributed by atoms with E-state index in [0.29, 0.717) is 0 Å². The first-order valence-electron chi connectivity index (χ1n) is 7.40. The summed E-state index contributed by atoms with van der Waals surface area (Å²) < 4.78 is 0. The van der Waals surface area contributed by atoms with Crippen molar-refractivity contribution in [3.8, 4) is 0 Å². The van der Waals surface area contributed by atoms with Gasteiger partial charge < -0.3 is 16.4 Å². The number of aryl methyl sites for hydroxylation is 1. The highest BCUT2D eigenvalue weighted by Crippen LogP contribution is 2.25. The minimum Gasteiger partial charge on any atom is -0.328 e. The zero-order valence-corrected chi connectivity index (χ0v) is 12.6. The molecule has 2 atom stereocenters. The van der Waals surface area contributed by atoms with Gasteiger partial charge in [-0.05, 0) is 49.9 Å². The van der Waals surface area contributed by atoms with Crippen LogP contribution in [-0.4, -0.2) is 17.9 Å². The van der Waals surface area contributed by atoms with Gasteiger partial charge in [-0.1, -0.05) is 6.42 Å². The second kappa shape index (κ2) is 6.72. The molecule has 1 aromatic rings. The molecule has 5 nitrogen and oxygen atoms in total. The highest BCUT2D eigenvalue weighted by atomic mass is 16.2. The second-order valence-electron chi connectivity index (χ2n) is 5.82. The molecule has 0 bridgehead atoms. The molecule has 0 heterocycles. The molecule has 0 saturated heterocycles. The lowest BCUT2D eigenvalue weighted by atomic mass is 9.85. The molecule has 2 amide bonds. The Balaban J connectivity index is 2.00. The van der Waals surface area contributed by atoms with Crippen LogP contribution in [0.3, 0.4) is 0 Å². The lowest BCUT2D eigenvalue weighted by molar-refractivity contribution is -0.121. The van der Waals surface area contributed by atoms with E-state index in [0.717, 1.165) is 42.6 Å². The molecule has 1 aliphatic rings. The van der Waals surface area contributed by atoms with Crippen LogP contribution in [0.15, 0.2) is 18.2 Å². The van der Waals surface area contributed by atoms with Gasteiger partial charge in [0, 0.05) is 30.3 Å². The summed E-state index contributed by atoms with van der Waals surface area (Å²) in [5.74, 6) is -0.0630. The Kier molecular flexibility index (Phi) is 4.96. The zero-order valence-electron chi connectivity index (χ0n) is 12.6. The summed E-state index contributed by atoms with van der Waals surface area (Å²) in [6.07, 6.45) is 3.69. The quantitative estimate of drug-likeness (QED) is 0.799. The molecule has 4 N–H and O–H groups in total. The largest absolute Gasteiger partial charge is 0.328 e. The number of anilines is 2. The average molecular weight is 289 g/mol. The molecule has 1 aliphatic carbocycles. The van der Waals surface area contributed by atoms with Crippen molar-refractivity contribution in [3.05, 3.63) is 23.8 Å². The number of carbonyl (C=O) groups is 2. The summed E-state index contributed by atoms with van der Waals surface area (Å²) >= 11 is 0. The summed E-state index contributed by atoms with van der Waals surface area (Å²) in [4.78, 5) is 23.3. The fourth-order valence-corrected chi connectivity index (χ4v) is 2.78. The van der Waals surface area contributed by atoms with Gasteiger partial charge in [0.2, 0.25) is 11.8 Å². The number of carbonyl (C=O) groups excluding carboxylic acids is 2. The first kappa shape index (κ1) is 15.5. The topological polar surface area (TPSA) is 84.2 Å². The maximum atomic E-state index is 12.3. The van der Waals surface area contributed by atoms with Crippen LogP contribution < -0.4 is 16.4 Å². The Morgan fingerprint density at radius 3 is 2.62 bits per heavy atom. The third-order valence-corrected chi connectivity index (χ3v) is 3.89. The standard InChI is InChI=1S/C16H23N3O2/c1-10-8-14(6-7-15(10)18-11(2)20)19-16(21)12-4-3-5-13(17)9-12/h6-8,12-13H,3-5,9,17H2,1-2H3,(H,18,20)(H,19,21). The maximum absolute atomic E-state index is 12.3. The van der Waals surface area contributed by atoms with Gasteiger partial charge in [-0.3, -0.25) is 9.59 Å². The van der Waals surface area contributed by atoms with Gasteiger partial charge in [-0.25, -0.2) is 0 Å². The van der Waals surface area contributed by atoms with E-state index in [-0.39, 0.29) is 23.8 Å². The van der Waals surface area contributed by atoms with E-state index in [4.69, 9.17) is 5.73 Å². The summed E-state index contributed by atoms with van der Waals surface area (Å²) in [5, 5.41) is 5.70. The van der Waals surface area contributed by atoms with Crippen LogP contribution in [-0.2, 0) is 9.59 Å². The van der Waals surface area contributed by atoms with Crippen molar-refractivity contribution in [1.29, 1.82) is 0 Å². The number of hydrogen-bond donors (Lipinski definition) is 3. The van der Waals surface area contributed by atoms with Gasteiger partial charge >= 0.3 is 0 Å². The number of nitrogens with two attached hydrogens (primary N) is 1. The van der Waals surface area contributed by atoms with Crippen molar-refractivity contribution < 1.29 is 9.59 Å². The highest BCUT2D eigenvalue weighted by molar-refractivity contribution is 5.94. The predicted octanol–water partition coefficient (Wildman–Crippen LogP) is 2.41. The molecule has 0 aromatic heterocycles. The normalized spacial score (nSPS) is 21.7. The van der Waals surface area contributed by atoms with E-state index < -0.39 is 0 Å². The lowest BCUT2D eigenvalue weighted by Crippen LogP contribution is -2.34. The second-order valence-corrected chi connectivity index (χ2v) is 5.82. The molecule has 5 heteroatoms. The summed E-state index contributed by atoms with van der Waals surface area (Å²) in [7, 11) is 0. The molecule has 114 valence electrons. The molecule has 1 fully saturated rings. The minimum absolute atomic E-state index is 0.00378. The molecule has 21 heavy (non-hydrogen) atoms. The zero-order chi connectivity index (χ0) is 15.4. The molecule has 1 aromatic carbocycles. The van der Waals surface area contributed by atoms with Crippen LogP contribution in [0.5, 0.6) is 0 Å². The van der Waals surface area contributed by atoms with Crippen molar-refractivity contribution in [3.63, 3.8) is 0 Å². The highest BCUT2D eigenvalue weighted by Gasteiger charge is 2.25. The average Bonchev–Trinajstić information content (AvgIpc) is 2.41. The van der Waals surface area contributed by atoms with E-state index in [2.05, 4.69) is 10.6 Å². The summed E-state index contributed by atoms with van der Waals surface area (Å²) in [5.41, 5.74) is 8.37. The van der Waals surface area contributed by atoms with Gasteiger partial charge in [-0.15, -0.1) is 0 Å². The molecular weight excluding hydrogens is 266 g/mol. The molecule has 1 saturated carbocycles. The van der Waals surface area contributed by atoms with Crippen molar-refractivity contribution in [1.82, 2.24) is 0 Å². The SMILES string of the molecule is CC(=O)Nc1ccc(NC(=O)C2CCCC(N)C2)cc1C. The Bertz CT molecular complexity index is 542. The summed E-state index contributed by atoms with van der Waals surface area (Å²) in [6.45, 7) is 3.37. The van der Waals surface area contributed by atoms with Crippen LogP contribution in [0.1, 0.15) is 38.2 Å². The van der Waals surface area contributed by atoms with E-state index in [1.165, 1.54) is 6.92 Å². The third kappa shape index (κ3) is 4.29. The lowest BCUT2D eigenvalue weighted by Gasteiger charge is -2.25. The van der Waals surface area contributed by atoms with Crippen molar-refractivity contribution in [2.24, 2.45) is 11.7 Å². The van der Waals surface area contributed by atoms with Gasteiger partial charge in [0.1, 0.15) is 0 Å². The number of nitrogens with one attached hydrogen (secondary N) is 2. The van der Waals surface area contributed by atoms with Crippen LogP contribution in [0.2, 0.25) is 0 Å². The molecule has 2 unspecified atom stereocenters. The fraction of sp³-hybridized carbons (Fsp3) is 0.500. The van der Waals surface area contributed by atoms with E-state index in [1.54, 1.807) is 12.1 Å². The molecule has 2 rings (SSSR count). The predicted molar refractivity (Wildman–Crippen MR) is 84.0 cm³/mol. The smallest absolute Gasteiger partial charge is 0.227 e. The Labute approximate surface area is 125 Å². The monoisotopic (exact) mass is 289 g/mol. The number of benzene rings is 1. The number of hydrogen-bond acceptors (Lipinski definition) is 3. The van der Waals surface area contributed by atoms with Gasteiger partial charge in [0.15, 0.2) is 0 Å². The summed E-state index contributed by atoms with van der Waals surface area (Å²) in [6, 6.07) is 5.61. The van der Waals surface area contributed by atoms with Crippen molar-refractivity contribution in [2.45, 2.75) is 45.6 Å². The van der Waals surface area contributed by atoms with Crippen LogP contribution in [0.4, 0.5) is 11.4 Å². The first-order valence-corrected chi connectivity index (χ1v) is 7.40. The molecule has 0 spiro atoms. The Hall–Kier alpha value is -1.88. The van der Waals surface area contributed by atoms with Crippen LogP contribution in [0.25, 0.3) is 0 Å². The first-order chi connectivity index (χ1) is 9.95. The van der Waals surface area contributed by atoms with Gasteiger partial charge in [0.25, 0.3) is 0 Å². The molecular formula is C16H23N3O2. The van der Waals surface area contributed by atoms with E-state index in [9.17, 15) is 9.59 Å². The van der Waals surface area contributed by atoms with Crippen molar-refractivity contribution >= 4 is 23.2 Å². The minimum atomic E-state index is -0.105. The third-order valence-electron chi connectivity index (χ3n) is 3.89. The van der Waals surface area contributed by atoms with Gasteiger partial charge in [0.05, 0.1) is 0 Å². The number of rotatable bonds is 3. The molecule has 0 radical (unpaired) electrons. The van der Waals surface area contributed by atoms with Crippen LogP contribution >= 0.6 is 0 Å². The molecule has 0 aliphatic heterocycles. The number of amides is 2. The fourth-order valence-electron chi connectivity index (χ4n) is 2.78. The Morgan fingerprint density at radius 1 is 1.24 bits per heavy atom. The van der Waals surface area contributed by atoms with Crippen LogP contribution in [0, 0.1) is 12.8 Å². The van der Waals surface area contributed by atoms with Crippen molar-refractivity contribution in [2.75, 3.05) is 10.6 Å². The Morgan fingerprint density at radius 2 is 2.00 bits per heavy atom. The van der Waals surface area contributed by atoms with Gasteiger partial charge in [-0.2, -0.15) is 0 Å². The van der Waals surface area contributed by atoms with E-state index >= 15 is 0 Å². The maximum Gasteiger partial charge on any atom is 0.227 e.